The van der Waals surface area contributed by atoms with E-state index in [1.807, 2.05) is 31.2 Å². The third-order valence-electron chi connectivity index (χ3n) is 5.27. The fourth-order valence-corrected chi connectivity index (χ4v) is 4.90. The summed E-state index contributed by atoms with van der Waals surface area (Å²) in [6.07, 6.45) is 0.131. The van der Waals surface area contributed by atoms with Crippen molar-refractivity contribution >= 4 is 39.2 Å². The van der Waals surface area contributed by atoms with Gasteiger partial charge in [-0.25, -0.2) is 8.42 Å². The van der Waals surface area contributed by atoms with E-state index < -0.39 is 15.9 Å². The molecule has 35 heavy (non-hydrogen) atoms. The summed E-state index contributed by atoms with van der Waals surface area (Å²) < 4.78 is 32.9. The van der Waals surface area contributed by atoms with Gasteiger partial charge in [0, 0.05) is 17.3 Å². The van der Waals surface area contributed by atoms with Crippen LogP contribution in [0.2, 0.25) is 5.02 Å². The highest BCUT2D eigenvalue weighted by atomic mass is 35.5. The van der Waals surface area contributed by atoms with Gasteiger partial charge in [0.1, 0.15) is 0 Å². The molecule has 0 bridgehead atoms. The molecule has 0 aliphatic carbocycles. The Morgan fingerprint density at radius 2 is 1.63 bits per heavy atom. The number of hydrogen-bond acceptors (Lipinski definition) is 5. The first-order valence-electron chi connectivity index (χ1n) is 11.0. The number of ether oxygens (including phenoxy) is 1. The Kier molecular flexibility index (Phi) is 9.03. The smallest absolute Gasteiger partial charge is 0.310 e. The number of hydrogen-bond donors (Lipinski definition) is 1. The van der Waals surface area contributed by atoms with Gasteiger partial charge in [-0.15, -0.1) is 0 Å². The van der Waals surface area contributed by atoms with Crippen LogP contribution < -0.4 is 5.32 Å². The standard InChI is InChI=1S/C26H27ClN2O5S/c1-3-34-26(31)16-20-8-12-23(13-9-20)28-25(30)18-29(17-21-7-5-4-6-19(21)2)35(32,33)24-14-10-22(27)11-15-24/h4-15H,3,16-18H2,1-2H3,(H,28,30). The normalized spacial score (nSPS) is 11.3. The molecule has 0 fully saturated rings. The molecular weight excluding hydrogens is 488 g/mol. The first kappa shape index (κ1) is 26.4. The van der Waals surface area contributed by atoms with Gasteiger partial charge in [0.15, 0.2) is 0 Å². The molecule has 184 valence electrons. The Bertz CT molecular complexity index is 1280. The minimum atomic E-state index is -3.98. The number of aryl methyl sites for hydroxylation is 1. The van der Waals surface area contributed by atoms with E-state index in [0.717, 1.165) is 21.0 Å². The summed E-state index contributed by atoms with van der Waals surface area (Å²) in [7, 11) is -3.98. The summed E-state index contributed by atoms with van der Waals surface area (Å²) in [6.45, 7) is 3.59. The molecule has 0 aliphatic rings. The average Bonchev–Trinajstić information content (AvgIpc) is 2.81. The maximum Gasteiger partial charge on any atom is 0.310 e. The highest BCUT2D eigenvalue weighted by molar-refractivity contribution is 7.89. The number of anilines is 1. The summed E-state index contributed by atoms with van der Waals surface area (Å²) in [5.74, 6) is -0.821. The van der Waals surface area contributed by atoms with Crippen LogP contribution in [0, 0.1) is 6.92 Å². The minimum absolute atomic E-state index is 0.0313. The molecule has 7 nitrogen and oxygen atoms in total. The summed E-state index contributed by atoms with van der Waals surface area (Å²) in [4.78, 5) is 24.6. The zero-order chi connectivity index (χ0) is 25.4. The van der Waals surface area contributed by atoms with Crippen molar-refractivity contribution in [2.75, 3.05) is 18.5 Å². The van der Waals surface area contributed by atoms with Crippen LogP contribution in [0.15, 0.2) is 77.7 Å². The number of carbonyl (C=O) groups is 2. The Morgan fingerprint density at radius 3 is 2.26 bits per heavy atom. The maximum atomic E-state index is 13.4. The van der Waals surface area contributed by atoms with Gasteiger partial charge in [-0.1, -0.05) is 48.0 Å². The van der Waals surface area contributed by atoms with Crippen LogP contribution in [0.5, 0.6) is 0 Å². The molecule has 1 N–H and O–H groups in total. The number of rotatable bonds is 10. The van der Waals surface area contributed by atoms with Gasteiger partial charge in [0.2, 0.25) is 15.9 Å². The zero-order valence-electron chi connectivity index (χ0n) is 19.5. The van der Waals surface area contributed by atoms with Crippen LogP contribution >= 0.6 is 11.6 Å². The van der Waals surface area contributed by atoms with Crippen LogP contribution in [0.1, 0.15) is 23.6 Å². The van der Waals surface area contributed by atoms with Gasteiger partial charge in [0.25, 0.3) is 0 Å². The van der Waals surface area contributed by atoms with Crippen LogP contribution in [-0.4, -0.2) is 37.8 Å². The van der Waals surface area contributed by atoms with Gasteiger partial charge < -0.3 is 10.1 Å². The molecule has 9 heteroatoms. The first-order chi connectivity index (χ1) is 16.7. The molecule has 0 aromatic heterocycles. The molecule has 0 heterocycles. The van der Waals surface area contributed by atoms with Crippen LogP contribution in [0.3, 0.4) is 0 Å². The van der Waals surface area contributed by atoms with E-state index in [1.165, 1.54) is 24.3 Å². The van der Waals surface area contributed by atoms with E-state index in [4.69, 9.17) is 16.3 Å². The fourth-order valence-electron chi connectivity index (χ4n) is 3.40. The third kappa shape index (κ3) is 7.39. The number of carbonyl (C=O) groups excluding carboxylic acids is 2. The molecule has 0 radical (unpaired) electrons. The van der Waals surface area contributed by atoms with Gasteiger partial charge in [-0.3, -0.25) is 9.59 Å². The van der Waals surface area contributed by atoms with E-state index >= 15 is 0 Å². The lowest BCUT2D eigenvalue weighted by Gasteiger charge is -2.23. The molecule has 3 rings (SSSR count). The van der Waals surface area contributed by atoms with Gasteiger partial charge in [-0.05, 0) is 66.9 Å². The lowest BCUT2D eigenvalue weighted by molar-refractivity contribution is -0.142. The summed E-state index contributed by atoms with van der Waals surface area (Å²) >= 11 is 5.92. The second-order valence-electron chi connectivity index (χ2n) is 7.88. The molecule has 0 aliphatic heterocycles. The third-order valence-corrected chi connectivity index (χ3v) is 7.33. The largest absolute Gasteiger partial charge is 0.466 e. The molecule has 0 atom stereocenters. The van der Waals surface area contributed by atoms with Crippen molar-refractivity contribution in [1.82, 2.24) is 4.31 Å². The van der Waals surface area contributed by atoms with Gasteiger partial charge >= 0.3 is 5.97 Å². The second kappa shape index (κ2) is 12.0. The van der Waals surface area contributed by atoms with Crippen molar-refractivity contribution in [1.29, 1.82) is 0 Å². The Hall–Kier alpha value is -3.20. The van der Waals surface area contributed by atoms with Crippen molar-refractivity contribution in [3.05, 3.63) is 94.5 Å². The number of sulfonamides is 1. The van der Waals surface area contributed by atoms with E-state index in [-0.39, 0.29) is 30.4 Å². The summed E-state index contributed by atoms with van der Waals surface area (Å²) in [6, 6.07) is 20.0. The van der Waals surface area contributed by atoms with Crippen molar-refractivity contribution in [2.45, 2.75) is 31.7 Å². The molecule has 1 amide bonds. The van der Waals surface area contributed by atoms with Crippen molar-refractivity contribution < 1.29 is 22.7 Å². The lowest BCUT2D eigenvalue weighted by atomic mass is 10.1. The monoisotopic (exact) mass is 514 g/mol. The Labute approximate surface area is 210 Å². The van der Waals surface area contributed by atoms with E-state index in [2.05, 4.69) is 5.32 Å². The maximum absolute atomic E-state index is 13.4. The number of benzene rings is 3. The lowest BCUT2D eigenvalue weighted by Crippen LogP contribution is -2.37. The number of nitrogens with zero attached hydrogens (tertiary/aromatic N) is 1. The van der Waals surface area contributed by atoms with Crippen LogP contribution in [-0.2, 0) is 37.3 Å². The quantitative estimate of drug-likeness (QED) is 0.400. The Balaban J connectivity index is 1.78. The van der Waals surface area contributed by atoms with Crippen LogP contribution in [0.4, 0.5) is 5.69 Å². The predicted octanol–water partition coefficient (Wildman–Crippen LogP) is 4.58. The van der Waals surface area contributed by atoms with E-state index in [9.17, 15) is 18.0 Å². The molecule has 0 spiro atoms. The highest BCUT2D eigenvalue weighted by Gasteiger charge is 2.27. The Morgan fingerprint density at radius 1 is 0.971 bits per heavy atom. The van der Waals surface area contributed by atoms with E-state index in [1.54, 1.807) is 31.2 Å². The molecule has 0 unspecified atom stereocenters. The van der Waals surface area contributed by atoms with E-state index in [0.29, 0.717) is 17.3 Å². The minimum Gasteiger partial charge on any atom is -0.466 e. The highest BCUT2D eigenvalue weighted by Crippen LogP contribution is 2.22. The molecular formula is C26H27ClN2O5S. The SMILES string of the molecule is CCOC(=O)Cc1ccc(NC(=O)CN(Cc2ccccc2C)S(=O)(=O)c2ccc(Cl)cc2)cc1. The molecule has 0 saturated heterocycles. The van der Waals surface area contributed by atoms with Crippen molar-refractivity contribution in [3.8, 4) is 0 Å². The van der Waals surface area contributed by atoms with Crippen molar-refractivity contribution in [2.24, 2.45) is 0 Å². The van der Waals surface area contributed by atoms with Crippen LogP contribution in [0.25, 0.3) is 0 Å². The predicted molar refractivity (Wildman–Crippen MR) is 136 cm³/mol. The first-order valence-corrected chi connectivity index (χ1v) is 12.9. The summed E-state index contributed by atoms with van der Waals surface area (Å²) in [5, 5.41) is 3.14. The fraction of sp³-hybridized carbons (Fsp3) is 0.231. The van der Waals surface area contributed by atoms with Crippen molar-refractivity contribution in [3.63, 3.8) is 0 Å². The number of halogens is 1. The van der Waals surface area contributed by atoms with Gasteiger partial charge in [0.05, 0.1) is 24.5 Å². The van der Waals surface area contributed by atoms with Gasteiger partial charge in [-0.2, -0.15) is 4.31 Å². The number of nitrogens with one attached hydrogen (secondary N) is 1. The molecule has 3 aromatic rings. The topological polar surface area (TPSA) is 92.8 Å². The molecule has 3 aromatic carbocycles. The zero-order valence-corrected chi connectivity index (χ0v) is 21.1. The molecule has 0 saturated carbocycles. The summed E-state index contributed by atoms with van der Waals surface area (Å²) in [5.41, 5.74) is 2.94. The number of amides is 1. The number of esters is 1. The second-order valence-corrected chi connectivity index (χ2v) is 10.3. The average molecular weight is 515 g/mol.